The minimum absolute atomic E-state index is 0.146. The molecule has 174 valence electrons. The number of carbonyl (C=O) groups is 2. The molecule has 3 rings (SSSR count). The van der Waals surface area contributed by atoms with Gasteiger partial charge < -0.3 is 24.7 Å². The van der Waals surface area contributed by atoms with E-state index in [2.05, 4.69) is 20.8 Å². The molecule has 0 radical (unpaired) electrons. The molecule has 0 aliphatic carbocycles. The number of anilines is 1. The fourth-order valence-corrected chi connectivity index (χ4v) is 3.91. The van der Waals surface area contributed by atoms with Crippen molar-refractivity contribution in [1.29, 1.82) is 0 Å². The Kier molecular flexibility index (Phi) is 8.71. The number of hydrogen-bond donors (Lipinski definition) is 2. The summed E-state index contributed by atoms with van der Waals surface area (Å²) in [5.41, 5.74) is 1.23. The second-order valence-electron chi connectivity index (χ2n) is 6.95. The number of hydrogen-bond acceptors (Lipinski definition) is 7. The highest BCUT2D eigenvalue weighted by Crippen LogP contribution is 2.20. The summed E-state index contributed by atoms with van der Waals surface area (Å²) in [6, 6.07) is 14.1. The average molecular weight is 470 g/mol. The Morgan fingerprint density at radius 3 is 2.48 bits per heavy atom. The van der Waals surface area contributed by atoms with Crippen molar-refractivity contribution in [3.63, 3.8) is 0 Å². The molecule has 33 heavy (non-hydrogen) atoms. The summed E-state index contributed by atoms with van der Waals surface area (Å²) >= 11 is 1.32. The molecule has 1 heterocycles. The van der Waals surface area contributed by atoms with Crippen LogP contribution < -0.4 is 20.1 Å². The molecule has 0 spiro atoms. The largest absolute Gasteiger partial charge is 0.497 e. The molecule has 0 aliphatic heterocycles. The third kappa shape index (κ3) is 6.72. The van der Waals surface area contributed by atoms with Crippen LogP contribution in [0.2, 0.25) is 0 Å². The van der Waals surface area contributed by atoms with E-state index in [-0.39, 0.29) is 17.6 Å². The first-order valence-corrected chi connectivity index (χ1v) is 11.4. The van der Waals surface area contributed by atoms with Crippen LogP contribution in [0, 0.1) is 0 Å². The molecule has 9 nitrogen and oxygen atoms in total. The van der Waals surface area contributed by atoms with Crippen molar-refractivity contribution in [2.24, 2.45) is 0 Å². The number of amides is 2. The number of thioether (sulfide) groups is 1. The Labute approximate surface area is 196 Å². The van der Waals surface area contributed by atoms with E-state index in [9.17, 15) is 9.59 Å². The lowest BCUT2D eigenvalue weighted by molar-refractivity contribution is -0.113. The van der Waals surface area contributed by atoms with Crippen LogP contribution in [0.4, 0.5) is 5.69 Å². The molecule has 3 aromatic rings. The van der Waals surface area contributed by atoms with E-state index in [1.165, 1.54) is 11.8 Å². The second-order valence-corrected chi connectivity index (χ2v) is 7.89. The molecule has 1 aromatic heterocycles. The van der Waals surface area contributed by atoms with Crippen LogP contribution in [0.3, 0.4) is 0 Å². The van der Waals surface area contributed by atoms with Gasteiger partial charge >= 0.3 is 0 Å². The summed E-state index contributed by atoms with van der Waals surface area (Å²) in [7, 11) is 3.16. The molecule has 0 fully saturated rings. The highest BCUT2D eigenvalue weighted by molar-refractivity contribution is 7.99. The molecule has 0 saturated heterocycles. The van der Waals surface area contributed by atoms with Crippen molar-refractivity contribution >= 4 is 29.3 Å². The Bertz CT molecular complexity index is 1080. The molecular formula is C23H27N5O4S. The number of benzene rings is 2. The fourth-order valence-electron chi connectivity index (χ4n) is 3.09. The van der Waals surface area contributed by atoms with Crippen molar-refractivity contribution in [1.82, 2.24) is 20.1 Å². The lowest BCUT2D eigenvalue weighted by Crippen LogP contribution is -2.26. The van der Waals surface area contributed by atoms with Crippen LogP contribution in [0.25, 0.3) is 0 Å². The Hall–Kier alpha value is -3.53. The highest BCUT2D eigenvalue weighted by atomic mass is 32.2. The minimum atomic E-state index is -0.163. The van der Waals surface area contributed by atoms with E-state index in [0.717, 1.165) is 5.82 Å². The van der Waals surface area contributed by atoms with Gasteiger partial charge in [-0.25, -0.2) is 0 Å². The maximum Gasteiger partial charge on any atom is 0.251 e. The van der Waals surface area contributed by atoms with E-state index in [0.29, 0.717) is 47.4 Å². The summed E-state index contributed by atoms with van der Waals surface area (Å²) in [5.74, 6) is 2.02. The number of aromatic nitrogens is 3. The average Bonchev–Trinajstić information content (AvgIpc) is 3.24. The van der Waals surface area contributed by atoms with Crippen LogP contribution >= 0.6 is 11.8 Å². The van der Waals surface area contributed by atoms with Crippen LogP contribution in [-0.2, 0) is 17.8 Å². The van der Waals surface area contributed by atoms with E-state index in [1.807, 2.05) is 23.6 Å². The van der Waals surface area contributed by atoms with Gasteiger partial charge in [0.25, 0.3) is 5.91 Å². The first kappa shape index (κ1) is 24.1. The van der Waals surface area contributed by atoms with Gasteiger partial charge in [0.15, 0.2) is 5.16 Å². The summed E-state index contributed by atoms with van der Waals surface area (Å²) in [6.07, 6.45) is 0.527. The second kappa shape index (κ2) is 11.9. The minimum Gasteiger partial charge on any atom is -0.497 e. The number of methoxy groups -OCH3 is 2. The van der Waals surface area contributed by atoms with Crippen molar-refractivity contribution in [3.05, 3.63) is 59.9 Å². The van der Waals surface area contributed by atoms with E-state index < -0.39 is 0 Å². The zero-order valence-corrected chi connectivity index (χ0v) is 19.6. The standard InChI is InChI=1S/C23H27N5O4S/c1-4-28-20(12-13-24-22(30)16-8-10-18(31-2)11-9-16)26-27-23(28)33-15-21(29)25-17-6-5-7-19(14-17)32-3/h5-11,14H,4,12-13,15H2,1-3H3,(H,24,30)(H,25,29). The lowest BCUT2D eigenvalue weighted by atomic mass is 10.2. The van der Waals surface area contributed by atoms with Crippen LogP contribution in [0.15, 0.2) is 53.7 Å². The summed E-state index contributed by atoms with van der Waals surface area (Å²) in [4.78, 5) is 24.6. The number of carbonyl (C=O) groups excluding carboxylic acids is 2. The predicted octanol–water partition coefficient (Wildman–Crippen LogP) is 3.02. The Morgan fingerprint density at radius 1 is 1.03 bits per heavy atom. The van der Waals surface area contributed by atoms with Gasteiger partial charge in [-0.3, -0.25) is 9.59 Å². The molecule has 2 amide bonds. The van der Waals surface area contributed by atoms with Crippen molar-refractivity contribution in [3.8, 4) is 11.5 Å². The van der Waals surface area contributed by atoms with Crippen LogP contribution in [0.1, 0.15) is 23.1 Å². The number of rotatable bonds is 11. The molecule has 10 heteroatoms. The first-order chi connectivity index (χ1) is 16.0. The van der Waals surface area contributed by atoms with Gasteiger partial charge in [0, 0.05) is 36.8 Å². The number of nitrogens with one attached hydrogen (secondary N) is 2. The predicted molar refractivity (Wildman–Crippen MR) is 127 cm³/mol. The Balaban J connectivity index is 1.50. The van der Waals surface area contributed by atoms with Gasteiger partial charge in [-0.15, -0.1) is 10.2 Å². The monoisotopic (exact) mass is 469 g/mol. The third-order valence-electron chi connectivity index (χ3n) is 4.78. The van der Waals surface area contributed by atoms with E-state index in [4.69, 9.17) is 9.47 Å². The van der Waals surface area contributed by atoms with E-state index >= 15 is 0 Å². The molecule has 0 saturated carbocycles. The molecule has 0 bridgehead atoms. The molecule has 2 N–H and O–H groups in total. The zero-order chi connectivity index (χ0) is 23.6. The van der Waals surface area contributed by atoms with E-state index in [1.54, 1.807) is 50.6 Å². The lowest BCUT2D eigenvalue weighted by Gasteiger charge is -2.09. The highest BCUT2D eigenvalue weighted by Gasteiger charge is 2.14. The van der Waals surface area contributed by atoms with Crippen molar-refractivity contribution < 1.29 is 19.1 Å². The molecule has 2 aromatic carbocycles. The fraction of sp³-hybridized carbons (Fsp3) is 0.304. The molecule has 0 atom stereocenters. The van der Waals surface area contributed by atoms with Crippen LogP contribution in [-0.4, -0.2) is 53.1 Å². The first-order valence-electron chi connectivity index (χ1n) is 10.4. The summed E-state index contributed by atoms with van der Waals surface area (Å²) in [6.45, 7) is 3.07. The zero-order valence-electron chi connectivity index (χ0n) is 18.8. The smallest absolute Gasteiger partial charge is 0.251 e. The van der Waals surface area contributed by atoms with Crippen molar-refractivity contribution in [2.75, 3.05) is 31.8 Å². The van der Waals surface area contributed by atoms with Gasteiger partial charge in [0.1, 0.15) is 17.3 Å². The topological polar surface area (TPSA) is 107 Å². The molecule has 0 aliphatic rings. The number of nitrogens with zero attached hydrogens (tertiary/aromatic N) is 3. The normalized spacial score (nSPS) is 10.5. The maximum atomic E-state index is 12.3. The van der Waals surface area contributed by atoms with Gasteiger partial charge in [0.05, 0.1) is 20.0 Å². The SMILES string of the molecule is CCn1c(CCNC(=O)c2ccc(OC)cc2)nnc1SCC(=O)Nc1cccc(OC)c1. The molecule has 0 unspecified atom stereocenters. The third-order valence-corrected chi connectivity index (χ3v) is 5.75. The van der Waals surface area contributed by atoms with Crippen molar-refractivity contribution in [2.45, 2.75) is 25.0 Å². The molecular weight excluding hydrogens is 442 g/mol. The summed E-state index contributed by atoms with van der Waals surface area (Å²) in [5, 5.41) is 14.9. The van der Waals surface area contributed by atoms with Gasteiger partial charge in [-0.1, -0.05) is 17.8 Å². The van der Waals surface area contributed by atoms with Gasteiger partial charge in [0.2, 0.25) is 5.91 Å². The quantitative estimate of drug-likeness (QED) is 0.416. The van der Waals surface area contributed by atoms with Gasteiger partial charge in [-0.2, -0.15) is 0 Å². The number of ether oxygens (including phenoxy) is 2. The van der Waals surface area contributed by atoms with Crippen LogP contribution in [0.5, 0.6) is 11.5 Å². The summed E-state index contributed by atoms with van der Waals surface area (Å²) < 4.78 is 12.2. The Morgan fingerprint density at radius 2 is 1.79 bits per heavy atom. The van der Waals surface area contributed by atoms with Gasteiger partial charge in [-0.05, 0) is 43.3 Å². The maximum absolute atomic E-state index is 12.3.